The van der Waals surface area contributed by atoms with Gasteiger partial charge in [0.25, 0.3) is 0 Å². The number of amides is 1. The molecule has 2 atom stereocenters. The lowest BCUT2D eigenvalue weighted by atomic mass is 9.87. The molecule has 0 radical (unpaired) electrons. The number of piperidine rings is 1. The summed E-state index contributed by atoms with van der Waals surface area (Å²) in [5.74, 6) is 2.26. The van der Waals surface area contributed by atoms with Gasteiger partial charge in [-0.3, -0.25) is 4.79 Å². The highest BCUT2D eigenvalue weighted by Crippen LogP contribution is 2.33. The fourth-order valence-electron chi connectivity index (χ4n) is 2.38. The van der Waals surface area contributed by atoms with Gasteiger partial charge in [0.1, 0.15) is 0 Å². The maximum atomic E-state index is 11.9. The number of nitrogens with two attached hydrogens (primary N) is 1. The van der Waals surface area contributed by atoms with E-state index in [0.717, 1.165) is 25.9 Å². The molecule has 2 unspecified atom stereocenters. The van der Waals surface area contributed by atoms with Gasteiger partial charge >= 0.3 is 0 Å². The summed E-state index contributed by atoms with van der Waals surface area (Å²) in [7, 11) is 0. The standard InChI is InChI=1S/C12H22N2O/c1-9-4-5-14(8-11(9)7-13)12(15)6-10-2-3-10/h9-11H,2-8,13H2,1H3. The average Bonchev–Trinajstić information content (AvgIpc) is 3.02. The van der Waals surface area contributed by atoms with E-state index < -0.39 is 0 Å². The highest BCUT2D eigenvalue weighted by Gasteiger charge is 2.31. The van der Waals surface area contributed by atoms with E-state index in [2.05, 4.69) is 6.92 Å². The van der Waals surface area contributed by atoms with E-state index >= 15 is 0 Å². The molecule has 3 heteroatoms. The molecule has 3 nitrogen and oxygen atoms in total. The Balaban J connectivity index is 1.84. The van der Waals surface area contributed by atoms with Crippen LogP contribution in [-0.4, -0.2) is 30.4 Å². The van der Waals surface area contributed by atoms with Crippen LogP contribution in [0.5, 0.6) is 0 Å². The molecule has 1 amide bonds. The maximum Gasteiger partial charge on any atom is 0.222 e. The van der Waals surface area contributed by atoms with Crippen molar-refractivity contribution >= 4 is 5.91 Å². The van der Waals surface area contributed by atoms with Crippen molar-refractivity contribution in [3.05, 3.63) is 0 Å². The minimum absolute atomic E-state index is 0.364. The first-order valence-electron chi connectivity index (χ1n) is 6.18. The molecule has 2 aliphatic rings. The summed E-state index contributed by atoms with van der Waals surface area (Å²) in [6.45, 7) is 4.81. The Bertz CT molecular complexity index is 238. The second-order valence-corrected chi connectivity index (χ2v) is 5.25. The Labute approximate surface area is 92.0 Å². The van der Waals surface area contributed by atoms with Gasteiger partial charge in [-0.1, -0.05) is 6.92 Å². The average molecular weight is 210 g/mol. The van der Waals surface area contributed by atoms with Gasteiger partial charge < -0.3 is 10.6 Å². The third kappa shape index (κ3) is 2.71. The number of rotatable bonds is 3. The first-order chi connectivity index (χ1) is 7.20. The molecule has 1 aliphatic carbocycles. The third-order valence-corrected chi connectivity index (χ3v) is 3.93. The van der Waals surface area contributed by atoms with E-state index in [1.807, 2.05) is 4.90 Å². The summed E-state index contributed by atoms with van der Waals surface area (Å²) in [6, 6.07) is 0. The number of hydrogen-bond donors (Lipinski definition) is 1. The van der Waals surface area contributed by atoms with Gasteiger partial charge in [-0.05, 0) is 43.6 Å². The van der Waals surface area contributed by atoms with Crippen molar-refractivity contribution in [2.45, 2.75) is 32.6 Å². The summed E-state index contributed by atoms with van der Waals surface area (Å²) in [6.07, 6.45) is 4.43. The van der Waals surface area contributed by atoms with Crippen LogP contribution >= 0.6 is 0 Å². The summed E-state index contributed by atoms with van der Waals surface area (Å²) in [5, 5.41) is 0. The van der Waals surface area contributed by atoms with Crippen LogP contribution in [0.3, 0.4) is 0 Å². The molecule has 15 heavy (non-hydrogen) atoms. The zero-order chi connectivity index (χ0) is 10.8. The van der Waals surface area contributed by atoms with Gasteiger partial charge in [-0.25, -0.2) is 0 Å². The predicted molar refractivity (Wildman–Crippen MR) is 60.2 cm³/mol. The smallest absolute Gasteiger partial charge is 0.222 e. The van der Waals surface area contributed by atoms with Crippen molar-refractivity contribution in [2.75, 3.05) is 19.6 Å². The van der Waals surface area contributed by atoms with Crippen molar-refractivity contribution in [2.24, 2.45) is 23.5 Å². The van der Waals surface area contributed by atoms with Gasteiger partial charge in [-0.15, -0.1) is 0 Å². The molecule has 1 heterocycles. The fraction of sp³-hybridized carbons (Fsp3) is 0.917. The van der Waals surface area contributed by atoms with Gasteiger partial charge in [0.15, 0.2) is 0 Å². The Morgan fingerprint density at radius 1 is 1.40 bits per heavy atom. The van der Waals surface area contributed by atoms with Crippen LogP contribution in [0.15, 0.2) is 0 Å². The van der Waals surface area contributed by atoms with Crippen LogP contribution in [0.2, 0.25) is 0 Å². The Morgan fingerprint density at radius 2 is 2.13 bits per heavy atom. The Hall–Kier alpha value is -0.570. The first-order valence-corrected chi connectivity index (χ1v) is 6.18. The summed E-state index contributed by atoms with van der Waals surface area (Å²) in [4.78, 5) is 13.9. The van der Waals surface area contributed by atoms with E-state index in [1.165, 1.54) is 12.8 Å². The zero-order valence-corrected chi connectivity index (χ0v) is 9.61. The zero-order valence-electron chi connectivity index (χ0n) is 9.61. The number of carbonyl (C=O) groups excluding carboxylic acids is 1. The Morgan fingerprint density at radius 3 is 2.73 bits per heavy atom. The molecule has 2 fully saturated rings. The van der Waals surface area contributed by atoms with E-state index in [4.69, 9.17) is 5.73 Å². The van der Waals surface area contributed by atoms with E-state index in [9.17, 15) is 4.79 Å². The topological polar surface area (TPSA) is 46.3 Å². The van der Waals surface area contributed by atoms with Gasteiger partial charge in [0.05, 0.1) is 0 Å². The molecule has 0 aromatic carbocycles. The first kappa shape index (κ1) is 10.9. The summed E-state index contributed by atoms with van der Waals surface area (Å²) in [5.41, 5.74) is 5.73. The van der Waals surface area contributed by atoms with E-state index in [-0.39, 0.29) is 0 Å². The van der Waals surface area contributed by atoms with Gasteiger partial charge in [0, 0.05) is 19.5 Å². The van der Waals surface area contributed by atoms with Gasteiger partial charge in [0.2, 0.25) is 5.91 Å². The lowest BCUT2D eigenvalue weighted by molar-refractivity contribution is -0.134. The second kappa shape index (κ2) is 4.52. The molecule has 1 saturated heterocycles. The van der Waals surface area contributed by atoms with Crippen molar-refractivity contribution in [1.82, 2.24) is 4.90 Å². The normalized spacial score (nSPS) is 31.7. The molecule has 86 valence electrons. The molecule has 0 aromatic heterocycles. The monoisotopic (exact) mass is 210 g/mol. The minimum atomic E-state index is 0.364. The lowest BCUT2D eigenvalue weighted by Crippen LogP contribution is -2.45. The minimum Gasteiger partial charge on any atom is -0.342 e. The van der Waals surface area contributed by atoms with Crippen LogP contribution < -0.4 is 5.73 Å². The van der Waals surface area contributed by atoms with E-state index in [0.29, 0.717) is 30.2 Å². The summed E-state index contributed by atoms with van der Waals surface area (Å²) >= 11 is 0. The highest BCUT2D eigenvalue weighted by molar-refractivity contribution is 5.76. The highest BCUT2D eigenvalue weighted by atomic mass is 16.2. The number of likely N-dealkylation sites (tertiary alicyclic amines) is 1. The van der Waals surface area contributed by atoms with Crippen molar-refractivity contribution in [1.29, 1.82) is 0 Å². The third-order valence-electron chi connectivity index (χ3n) is 3.93. The molecule has 0 spiro atoms. The molecule has 2 N–H and O–H groups in total. The van der Waals surface area contributed by atoms with Crippen LogP contribution in [0.4, 0.5) is 0 Å². The summed E-state index contributed by atoms with van der Waals surface area (Å²) < 4.78 is 0. The van der Waals surface area contributed by atoms with Crippen LogP contribution in [0, 0.1) is 17.8 Å². The molecule has 0 bridgehead atoms. The molecule has 1 aliphatic heterocycles. The van der Waals surface area contributed by atoms with Crippen LogP contribution in [0.25, 0.3) is 0 Å². The number of nitrogens with zero attached hydrogens (tertiary/aromatic N) is 1. The number of hydrogen-bond acceptors (Lipinski definition) is 2. The van der Waals surface area contributed by atoms with E-state index in [1.54, 1.807) is 0 Å². The molecule has 1 saturated carbocycles. The largest absolute Gasteiger partial charge is 0.342 e. The quantitative estimate of drug-likeness (QED) is 0.761. The van der Waals surface area contributed by atoms with Gasteiger partial charge in [-0.2, -0.15) is 0 Å². The lowest BCUT2D eigenvalue weighted by Gasteiger charge is -2.36. The SMILES string of the molecule is CC1CCN(C(=O)CC2CC2)CC1CN. The van der Waals surface area contributed by atoms with Crippen LogP contribution in [0.1, 0.15) is 32.6 Å². The van der Waals surface area contributed by atoms with Crippen molar-refractivity contribution in [3.8, 4) is 0 Å². The Kier molecular flexibility index (Phi) is 3.29. The fourth-order valence-corrected chi connectivity index (χ4v) is 2.38. The second-order valence-electron chi connectivity index (χ2n) is 5.25. The molecular formula is C12H22N2O. The molecular weight excluding hydrogens is 188 g/mol. The molecule has 0 aromatic rings. The van der Waals surface area contributed by atoms with Crippen molar-refractivity contribution < 1.29 is 4.79 Å². The number of carbonyl (C=O) groups is 1. The van der Waals surface area contributed by atoms with Crippen molar-refractivity contribution in [3.63, 3.8) is 0 Å². The maximum absolute atomic E-state index is 11.9. The molecule has 2 rings (SSSR count). The van der Waals surface area contributed by atoms with Crippen LogP contribution in [-0.2, 0) is 4.79 Å². The predicted octanol–water partition coefficient (Wildman–Crippen LogP) is 1.23.